The summed E-state index contributed by atoms with van der Waals surface area (Å²) in [5.74, 6) is -0.802. The van der Waals surface area contributed by atoms with Crippen LogP contribution in [0.15, 0.2) is 47.6 Å². The minimum atomic E-state index is -4.48. The second kappa shape index (κ2) is 10.2. The van der Waals surface area contributed by atoms with E-state index in [2.05, 4.69) is 9.97 Å². The largest absolute Gasteiger partial charge is 0.480 e. The van der Waals surface area contributed by atoms with Gasteiger partial charge in [0.25, 0.3) is 10.0 Å². The van der Waals surface area contributed by atoms with Crippen LogP contribution in [-0.4, -0.2) is 57.1 Å². The molecule has 1 atom stereocenters. The molecule has 0 radical (unpaired) electrons. The first-order valence-corrected chi connectivity index (χ1v) is 12.3. The third-order valence-electron chi connectivity index (χ3n) is 5.27. The van der Waals surface area contributed by atoms with Crippen molar-refractivity contribution < 1.29 is 27.9 Å². The van der Waals surface area contributed by atoms with E-state index in [1.165, 1.54) is 19.1 Å². The van der Waals surface area contributed by atoms with Gasteiger partial charge in [-0.3, -0.25) is 4.98 Å². The predicted octanol–water partition coefficient (Wildman–Crippen LogP) is 3.43. The Hall–Kier alpha value is -3.47. The maximum Gasteiger partial charge on any atom is 0.424 e. The summed E-state index contributed by atoms with van der Waals surface area (Å²) in [6.45, 7) is 7.24. The van der Waals surface area contributed by atoms with Crippen LogP contribution in [0.5, 0.6) is 0 Å². The number of aryl methyl sites for hydroxylation is 1. The number of carbonyl (C=O) groups excluding carboxylic acids is 1. The molecule has 1 aromatic carbocycles. The molecular weight excluding hydrogens is 460 g/mol. The highest BCUT2D eigenvalue weighted by molar-refractivity contribution is 7.89. The fourth-order valence-electron chi connectivity index (χ4n) is 3.69. The van der Waals surface area contributed by atoms with Gasteiger partial charge in [-0.2, -0.15) is 4.31 Å². The maximum absolute atomic E-state index is 13.4. The van der Waals surface area contributed by atoms with Gasteiger partial charge in [0.1, 0.15) is 17.4 Å². The Morgan fingerprint density at radius 2 is 1.85 bits per heavy atom. The number of rotatable bonds is 9. The van der Waals surface area contributed by atoms with Crippen LogP contribution in [0.2, 0.25) is 0 Å². The molecule has 3 aromatic rings. The van der Waals surface area contributed by atoms with E-state index in [0.29, 0.717) is 10.8 Å². The number of fused-ring (bicyclic) bond motifs is 1. The van der Waals surface area contributed by atoms with Crippen molar-refractivity contribution in [3.63, 3.8) is 0 Å². The van der Waals surface area contributed by atoms with Gasteiger partial charge in [-0.15, -0.1) is 0 Å². The summed E-state index contributed by atoms with van der Waals surface area (Å²) >= 11 is 0. The Balaban J connectivity index is 1.95. The van der Waals surface area contributed by atoms with E-state index in [1.54, 1.807) is 38.4 Å². The van der Waals surface area contributed by atoms with Crippen molar-refractivity contribution >= 4 is 33.1 Å². The topological polar surface area (TPSA) is 132 Å². The third-order valence-corrected chi connectivity index (χ3v) is 7.06. The van der Waals surface area contributed by atoms with Gasteiger partial charge < -0.3 is 14.4 Å². The zero-order valence-electron chi connectivity index (χ0n) is 19.5. The second-order valence-corrected chi connectivity index (χ2v) is 10.1. The molecule has 0 aliphatic carbocycles. The van der Waals surface area contributed by atoms with Gasteiger partial charge in [0.05, 0.1) is 23.2 Å². The van der Waals surface area contributed by atoms with Crippen molar-refractivity contribution in [3.8, 4) is 0 Å². The van der Waals surface area contributed by atoms with Crippen molar-refractivity contribution in [2.24, 2.45) is 5.92 Å². The van der Waals surface area contributed by atoms with Crippen LogP contribution in [0, 0.1) is 12.8 Å². The van der Waals surface area contributed by atoms with E-state index in [9.17, 15) is 23.1 Å². The summed E-state index contributed by atoms with van der Waals surface area (Å²) in [4.78, 5) is 32.8. The average Bonchev–Trinajstić information content (AvgIpc) is 3.08. The number of nitrogens with zero attached hydrogens (tertiary/aromatic N) is 4. The third kappa shape index (κ3) is 5.19. The van der Waals surface area contributed by atoms with Crippen LogP contribution in [0.4, 0.5) is 4.79 Å². The van der Waals surface area contributed by atoms with Gasteiger partial charge in [0.15, 0.2) is 0 Å². The van der Waals surface area contributed by atoms with Crippen LogP contribution in [0.3, 0.4) is 0 Å². The van der Waals surface area contributed by atoms with E-state index in [0.717, 1.165) is 22.4 Å². The smallest absolute Gasteiger partial charge is 0.424 e. The van der Waals surface area contributed by atoms with Gasteiger partial charge in [0, 0.05) is 12.7 Å². The molecule has 0 fully saturated rings. The molecule has 0 unspecified atom stereocenters. The Kier molecular flexibility index (Phi) is 7.55. The first kappa shape index (κ1) is 25.2. The molecule has 0 aliphatic rings. The first-order chi connectivity index (χ1) is 16.1. The summed E-state index contributed by atoms with van der Waals surface area (Å²) in [6.07, 6.45) is 2.09. The second-order valence-electron chi connectivity index (χ2n) is 8.24. The van der Waals surface area contributed by atoms with E-state index >= 15 is 0 Å². The SMILES string of the molecule is CCOC(=O)N([C@@H](CC(C)C)C(=O)O)S(=O)(=O)c1ccc(Cn2c(C)nc3cnccc32)cc1. The van der Waals surface area contributed by atoms with Gasteiger partial charge >= 0.3 is 12.1 Å². The van der Waals surface area contributed by atoms with Gasteiger partial charge in [-0.1, -0.05) is 26.0 Å². The zero-order chi connectivity index (χ0) is 25.0. The number of carbonyl (C=O) groups is 2. The molecule has 182 valence electrons. The van der Waals surface area contributed by atoms with Crippen molar-refractivity contribution in [1.29, 1.82) is 0 Å². The molecule has 0 spiro atoms. The lowest BCUT2D eigenvalue weighted by Gasteiger charge is -2.28. The number of benzene rings is 1. The standard InChI is InChI=1S/C23H28N4O6S/c1-5-33-23(30)27(21(22(28)29)12-15(2)3)34(31,32)18-8-6-17(7-9-18)14-26-16(4)25-19-13-24-11-10-20(19)26/h6-11,13,15,21H,5,12,14H2,1-4H3,(H,28,29)/t21-/m0/s1. The number of hydrogen-bond donors (Lipinski definition) is 1. The molecule has 2 aromatic heterocycles. The van der Waals surface area contributed by atoms with Crippen molar-refractivity contribution in [2.75, 3.05) is 6.61 Å². The van der Waals surface area contributed by atoms with Gasteiger partial charge in [0.2, 0.25) is 0 Å². The molecular formula is C23H28N4O6S. The summed E-state index contributed by atoms with van der Waals surface area (Å²) in [5, 5.41) is 9.69. The lowest BCUT2D eigenvalue weighted by atomic mass is 10.0. The highest BCUT2D eigenvalue weighted by Gasteiger charge is 2.41. The molecule has 2 heterocycles. The van der Waals surface area contributed by atoms with Crippen molar-refractivity contribution in [2.45, 2.75) is 51.6 Å². The monoisotopic (exact) mass is 488 g/mol. The van der Waals surface area contributed by atoms with Gasteiger partial charge in [-0.05, 0) is 49.9 Å². The Bertz CT molecular complexity index is 1280. The number of aromatic nitrogens is 3. The molecule has 34 heavy (non-hydrogen) atoms. The molecule has 0 bridgehead atoms. The molecule has 1 N–H and O–H groups in total. The fourth-order valence-corrected chi connectivity index (χ4v) is 5.16. The number of imidazole rings is 1. The fraction of sp³-hybridized carbons (Fsp3) is 0.391. The van der Waals surface area contributed by atoms with E-state index in [4.69, 9.17) is 4.74 Å². The number of carboxylic acids is 1. The minimum absolute atomic E-state index is 0.0483. The number of ether oxygens (including phenoxy) is 1. The predicted molar refractivity (Wildman–Crippen MR) is 125 cm³/mol. The normalized spacial score (nSPS) is 12.6. The molecule has 1 amide bonds. The average molecular weight is 489 g/mol. The summed E-state index contributed by atoms with van der Waals surface area (Å²) in [7, 11) is -4.48. The van der Waals surface area contributed by atoms with E-state index < -0.39 is 28.1 Å². The summed E-state index contributed by atoms with van der Waals surface area (Å²) in [6, 6.07) is 6.24. The molecule has 11 heteroatoms. The molecule has 0 aliphatic heterocycles. The number of hydrogen-bond acceptors (Lipinski definition) is 7. The Labute approximate surface area is 198 Å². The number of pyridine rings is 1. The first-order valence-electron chi connectivity index (χ1n) is 10.9. The molecule has 3 rings (SSSR count). The number of aliphatic carboxylic acids is 1. The van der Waals surface area contributed by atoms with Crippen LogP contribution in [0.25, 0.3) is 11.0 Å². The minimum Gasteiger partial charge on any atom is -0.480 e. The Morgan fingerprint density at radius 1 is 1.18 bits per heavy atom. The van der Waals surface area contributed by atoms with Crippen LogP contribution >= 0.6 is 0 Å². The summed E-state index contributed by atoms with van der Waals surface area (Å²) in [5.41, 5.74) is 2.46. The van der Waals surface area contributed by atoms with E-state index in [1.807, 2.05) is 17.6 Å². The quantitative estimate of drug-likeness (QED) is 0.484. The zero-order valence-corrected chi connectivity index (χ0v) is 20.3. The van der Waals surface area contributed by atoms with Crippen molar-refractivity contribution in [1.82, 2.24) is 18.8 Å². The van der Waals surface area contributed by atoms with Gasteiger partial charge in [-0.25, -0.2) is 23.0 Å². The highest BCUT2D eigenvalue weighted by Crippen LogP contribution is 2.25. The van der Waals surface area contributed by atoms with Crippen LogP contribution in [-0.2, 0) is 26.1 Å². The molecule has 10 nitrogen and oxygen atoms in total. The lowest BCUT2D eigenvalue weighted by molar-refractivity contribution is -0.141. The Morgan fingerprint density at radius 3 is 2.44 bits per heavy atom. The van der Waals surface area contributed by atoms with Crippen LogP contribution in [0.1, 0.15) is 38.6 Å². The van der Waals surface area contributed by atoms with Crippen molar-refractivity contribution in [3.05, 3.63) is 54.1 Å². The number of sulfonamides is 1. The number of carboxylic acid groups (broad SMARTS) is 1. The van der Waals surface area contributed by atoms with E-state index in [-0.39, 0.29) is 23.8 Å². The molecule has 0 saturated carbocycles. The van der Waals surface area contributed by atoms with Crippen LogP contribution < -0.4 is 0 Å². The summed E-state index contributed by atoms with van der Waals surface area (Å²) < 4.78 is 34.0. The lowest BCUT2D eigenvalue weighted by Crippen LogP contribution is -2.49. The highest BCUT2D eigenvalue weighted by atomic mass is 32.2. The number of amides is 1. The molecule has 0 saturated heterocycles. The maximum atomic E-state index is 13.4.